The lowest BCUT2D eigenvalue weighted by molar-refractivity contribution is -0.385. The molecule has 2 aromatic carbocycles. The highest BCUT2D eigenvalue weighted by Gasteiger charge is 2.25. The molecule has 0 aliphatic heterocycles. The highest BCUT2D eigenvalue weighted by Crippen LogP contribution is 2.41. The predicted octanol–water partition coefficient (Wildman–Crippen LogP) is 5.40. The zero-order chi connectivity index (χ0) is 23.4. The average Bonchev–Trinajstić information content (AvgIpc) is 3.06. The molecule has 1 heterocycles. The molecule has 32 heavy (non-hydrogen) atoms. The summed E-state index contributed by atoms with van der Waals surface area (Å²) < 4.78 is 10.4. The number of aryl methyl sites for hydroxylation is 2. The Morgan fingerprint density at radius 2 is 1.94 bits per heavy atom. The second kappa shape index (κ2) is 9.80. The van der Waals surface area contributed by atoms with Crippen LogP contribution >= 0.6 is 22.9 Å². The van der Waals surface area contributed by atoms with Crippen LogP contribution in [0.4, 0.5) is 10.7 Å². The molecule has 0 fully saturated rings. The van der Waals surface area contributed by atoms with Crippen LogP contribution in [0.25, 0.3) is 11.1 Å². The number of esters is 1. The number of nitrogens with zero attached hydrogens (tertiary/aromatic N) is 1. The molecule has 3 rings (SSSR count). The van der Waals surface area contributed by atoms with Gasteiger partial charge in [-0.15, -0.1) is 11.3 Å². The van der Waals surface area contributed by atoms with Crippen molar-refractivity contribution < 1.29 is 24.0 Å². The summed E-state index contributed by atoms with van der Waals surface area (Å²) in [6.07, 6.45) is 0. The minimum Gasteiger partial charge on any atom is -0.484 e. The van der Waals surface area contributed by atoms with Gasteiger partial charge in [0.1, 0.15) is 16.3 Å². The number of carbonyl (C=O) groups is 2. The van der Waals surface area contributed by atoms with Crippen LogP contribution in [0.1, 0.15) is 20.8 Å². The summed E-state index contributed by atoms with van der Waals surface area (Å²) in [6.45, 7) is 3.07. The van der Waals surface area contributed by atoms with Gasteiger partial charge in [-0.05, 0) is 43.7 Å². The number of nitro groups is 1. The summed E-state index contributed by atoms with van der Waals surface area (Å²) in [4.78, 5) is 36.3. The van der Waals surface area contributed by atoms with Crippen molar-refractivity contribution >= 4 is 45.5 Å². The van der Waals surface area contributed by atoms with E-state index in [0.29, 0.717) is 26.9 Å². The molecule has 0 radical (unpaired) electrons. The van der Waals surface area contributed by atoms with Gasteiger partial charge in [-0.1, -0.05) is 23.7 Å². The maximum Gasteiger partial charge on any atom is 0.341 e. The van der Waals surface area contributed by atoms with Gasteiger partial charge in [0.05, 0.1) is 12.0 Å². The molecule has 0 unspecified atom stereocenters. The van der Waals surface area contributed by atoms with Gasteiger partial charge in [-0.25, -0.2) is 4.79 Å². The Morgan fingerprint density at radius 3 is 2.56 bits per heavy atom. The summed E-state index contributed by atoms with van der Waals surface area (Å²) in [5, 5.41) is 14.5. The molecular formula is C22H19ClN2O6S. The van der Waals surface area contributed by atoms with Crippen molar-refractivity contribution in [2.75, 3.05) is 19.0 Å². The molecule has 3 aromatic rings. The third kappa shape index (κ3) is 5.06. The number of benzene rings is 2. The lowest BCUT2D eigenvalue weighted by atomic mass is 10.0. The first-order valence-corrected chi connectivity index (χ1v) is 10.6. The lowest BCUT2D eigenvalue weighted by Crippen LogP contribution is -2.21. The van der Waals surface area contributed by atoms with Gasteiger partial charge in [0.15, 0.2) is 6.61 Å². The first-order chi connectivity index (χ1) is 15.2. The van der Waals surface area contributed by atoms with Crippen LogP contribution in [0.15, 0.2) is 42.5 Å². The molecule has 10 heteroatoms. The van der Waals surface area contributed by atoms with E-state index in [1.54, 1.807) is 25.1 Å². The van der Waals surface area contributed by atoms with E-state index in [9.17, 15) is 19.7 Å². The normalized spacial score (nSPS) is 10.5. The first kappa shape index (κ1) is 23.2. The maximum absolute atomic E-state index is 12.5. The Kier molecular flexibility index (Phi) is 7.12. The Morgan fingerprint density at radius 1 is 1.19 bits per heavy atom. The van der Waals surface area contributed by atoms with Gasteiger partial charge in [0.2, 0.25) is 0 Å². The third-order valence-corrected chi connectivity index (χ3v) is 5.83. The van der Waals surface area contributed by atoms with Crippen molar-refractivity contribution in [1.29, 1.82) is 0 Å². The Bertz CT molecular complexity index is 1210. The van der Waals surface area contributed by atoms with Crippen LogP contribution in [-0.2, 0) is 9.53 Å². The summed E-state index contributed by atoms with van der Waals surface area (Å²) in [5.41, 5.74) is 1.97. The number of nitro benzene ring substituents is 1. The molecular weight excluding hydrogens is 456 g/mol. The molecule has 0 bridgehead atoms. The number of thiophene rings is 1. The fourth-order valence-electron chi connectivity index (χ4n) is 3.16. The smallest absolute Gasteiger partial charge is 0.341 e. The van der Waals surface area contributed by atoms with E-state index in [0.717, 1.165) is 10.4 Å². The third-order valence-electron chi connectivity index (χ3n) is 4.57. The number of hydrogen-bond donors (Lipinski definition) is 1. The fourth-order valence-corrected chi connectivity index (χ4v) is 4.43. The largest absolute Gasteiger partial charge is 0.484 e. The molecule has 0 atom stereocenters. The Balaban J connectivity index is 1.82. The van der Waals surface area contributed by atoms with Crippen molar-refractivity contribution in [1.82, 2.24) is 0 Å². The summed E-state index contributed by atoms with van der Waals surface area (Å²) >= 11 is 7.34. The van der Waals surface area contributed by atoms with E-state index in [1.165, 1.54) is 36.6 Å². The lowest BCUT2D eigenvalue weighted by Gasteiger charge is -2.10. The zero-order valence-corrected chi connectivity index (χ0v) is 19.0. The first-order valence-electron chi connectivity index (χ1n) is 9.36. The van der Waals surface area contributed by atoms with Crippen molar-refractivity contribution in [3.05, 3.63) is 73.6 Å². The molecule has 1 amide bonds. The Labute approximate surface area is 192 Å². The predicted molar refractivity (Wildman–Crippen MR) is 123 cm³/mol. The quantitative estimate of drug-likeness (QED) is 0.279. The minimum absolute atomic E-state index is 0.0351. The van der Waals surface area contributed by atoms with Gasteiger partial charge in [0, 0.05) is 27.1 Å². The number of amides is 1. The number of anilines is 1. The summed E-state index contributed by atoms with van der Waals surface area (Å²) in [6, 6.07) is 11.3. The van der Waals surface area contributed by atoms with E-state index < -0.39 is 16.8 Å². The molecule has 8 nitrogen and oxygen atoms in total. The minimum atomic E-state index is -0.591. The molecule has 1 aromatic heterocycles. The molecule has 0 aliphatic rings. The Hall–Kier alpha value is -3.43. The summed E-state index contributed by atoms with van der Waals surface area (Å²) in [7, 11) is 1.27. The molecule has 0 spiro atoms. The van der Waals surface area contributed by atoms with Crippen LogP contribution in [0.2, 0.25) is 5.02 Å². The number of methoxy groups -OCH3 is 1. The number of carbonyl (C=O) groups excluding carboxylic acids is 2. The zero-order valence-electron chi connectivity index (χ0n) is 17.4. The van der Waals surface area contributed by atoms with Crippen LogP contribution in [-0.4, -0.2) is 30.5 Å². The molecule has 0 saturated heterocycles. The van der Waals surface area contributed by atoms with E-state index in [1.807, 2.05) is 13.0 Å². The standard InChI is InChI=1S/C22H19ClN2O6S/c1-12-9-16(7-8-17(12)25(28)29)31-11-18(26)24-21-20(22(27)30-3)19(13(2)32-21)14-5-4-6-15(23)10-14/h4-10H,11H2,1-3H3,(H,24,26). The van der Waals surface area contributed by atoms with E-state index in [4.69, 9.17) is 21.1 Å². The summed E-state index contributed by atoms with van der Waals surface area (Å²) in [5.74, 6) is -0.769. The van der Waals surface area contributed by atoms with E-state index >= 15 is 0 Å². The molecule has 0 aliphatic carbocycles. The topological polar surface area (TPSA) is 108 Å². The fraction of sp³-hybridized carbons (Fsp3) is 0.182. The van der Waals surface area contributed by atoms with Crippen molar-refractivity contribution in [2.45, 2.75) is 13.8 Å². The SMILES string of the molecule is COC(=O)c1c(NC(=O)COc2ccc([N+](=O)[O-])c(C)c2)sc(C)c1-c1cccc(Cl)c1. The number of nitrogens with one attached hydrogen (secondary N) is 1. The van der Waals surface area contributed by atoms with Crippen molar-refractivity contribution in [2.24, 2.45) is 0 Å². The van der Waals surface area contributed by atoms with E-state index in [-0.39, 0.29) is 17.9 Å². The van der Waals surface area contributed by atoms with Crippen LogP contribution < -0.4 is 10.1 Å². The van der Waals surface area contributed by atoms with Gasteiger partial charge < -0.3 is 14.8 Å². The molecule has 0 saturated carbocycles. The van der Waals surface area contributed by atoms with Gasteiger partial charge >= 0.3 is 5.97 Å². The van der Waals surface area contributed by atoms with Crippen LogP contribution in [0.3, 0.4) is 0 Å². The van der Waals surface area contributed by atoms with Crippen molar-refractivity contribution in [3.63, 3.8) is 0 Å². The number of hydrogen-bond acceptors (Lipinski definition) is 7. The monoisotopic (exact) mass is 474 g/mol. The van der Waals surface area contributed by atoms with Gasteiger partial charge in [-0.3, -0.25) is 14.9 Å². The second-order valence-electron chi connectivity index (χ2n) is 6.78. The number of halogens is 1. The highest BCUT2D eigenvalue weighted by molar-refractivity contribution is 7.17. The molecule has 166 valence electrons. The van der Waals surface area contributed by atoms with Gasteiger partial charge in [0.25, 0.3) is 11.6 Å². The van der Waals surface area contributed by atoms with Crippen LogP contribution in [0, 0.1) is 24.0 Å². The second-order valence-corrected chi connectivity index (χ2v) is 8.44. The number of rotatable bonds is 7. The molecule has 1 N–H and O–H groups in total. The number of ether oxygens (including phenoxy) is 2. The highest BCUT2D eigenvalue weighted by atomic mass is 35.5. The average molecular weight is 475 g/mol. The van der Waals surface area contributed by atoms with Crippen LogP contribution in [0.5, 0.6) is 5.75 Å². The maximum atomic E-state index is 12.5. The van der Waals surface area contributed by atoms with E-state index in [2.05, 4.69) is 5.32 Å². The van der Waals surface area contributed by atoms with Crippen molar-refractivity contribution in [3.8, 4) is 16.9 Å². The van der Waals surface area contributed by atoms with Gasteiger partial charge in [-0.2, -0.15) is 0 Å².